The van der Waals surface area contributed by atoms with Crippen LogP contribution < -0.4 is 19.9 Å². The summed E-state index contributed by atoms with van der Waals surface area (Å²) in [4.78, 5) is 30.9. The summed E-state index contributed by atoms with van der Waals surface area (Å²) in [6.07, 6.45) is 1.70. The summed E-state index contributed by atoms with van der Waals surface area (Å²) in [5, 5.41) is 3.47. The average molecular weight is 561 g/mol. The molecule has 0 atom stereocenters. The lowest BCUT2D eigenvalue weighted by Crippen LogP contribution is -2.46. The van der Waals surface area contributed by atoms with Crippen molar-refractivity contribution in [3.63, 3.8) is 0 Å². The van der Waals surface area contributed by atoms with E-state index >= 15 is 0 Å². The Morgan fingerprint density at radius 1 is 0.975 bits per heavy atom. The van der Waals surface area contributed by atoms with Crippen LogP contribution in [0.3, 0.4) is 0 Å². The fourth-order valence-electron chi connectivity index (χ4n) is 4.37. The molecule has 208 valence electrons. The summed E-state index contributed by atoms with van der Waals surface area (Å²) in [6, 6.07) is 19.2. The Hall–Kier alpha value is -4.09. The van der Waals surface area contributed by atoms with Gasteiger partial charge in [0.2, 0.25) is 0 Å². The van der Waals surface area contributed by atoms with Crippen molar-refractivity contribution in [2.45, 2.75) is 24.1 Å². The van der Waals surface area contributed by atoms with Crippen molar-refractivity contribution in [2.24, 2.45) is 0 Å². The van der Waals surface area contributed by atoms with Gasteiger partial charge in [-0.1, -0.05) is 17.8 Å². The van der Waals surface area contributed by atoms with Crippen LogP contribution >= 0.6 is 11.8 Å². The second-order valence-corrected chi connectivity index (χ2v) is 10.1. The van der Waals surface area contributed by atoms with Crippen LogP contribution in [0.5, 0.6) is 5.75 Å². The van der Waals surface area contributed by atoms with Crippen LogP contribution in [0.1, 0.15) is 27.7 Å². The van der Waals surface area contributed by atoms with Crippen molar-refractivity contribution in [1.82, 2.24) is 20.3 Å². The van der Waals surface area contributed by atoms with E-state index in [2.05, 4.69) is 37.2 Å². The van der Waals surface area contributed by atoms with Crippen LogP contribution in [-0.4, -0.2) is 61.3 Å². The molecule has 4 aromatic rings. The SMILES string of the molecule is COCc1cc(N2CCN(c3ccc(OC)cc3)CC2)nc(SCc2ccc(C(=O)NCc3ccccn3)o2)n1. The molecule has 5 rings (SSSR count). The Morgan fingerprint density at radius 3 is 2.50 bits per heavy atom. The zero-order chi connectivity index (χ0) is 27.7. The normalized spacial score (nSPS) is 13.3. The summed E-state index contributed by atoms with van der Waals surface area (Å²) < 4.78 is 16.4. The Balaban J connectivity index is 1.19. The van der Waals surface area contributed by atoms with E-state index in [0.29, 0.717) is 29.8 Å². The maximum absolute atomic E-state index is 12.5. The predicted octanol–water partition coefficient (Wildman–Crippen LogP) is 4.17. The van der Waals surface area contributed by atoms with Gasteiger partial charge in [0.15, 0.2) is 10.9 Å². The molecule has 1 fully saturated rings. The van der Waals surface area contributed by atoms with E-state index in [9.17, 15) is 4.79 Å². The second kappa shape index (κ2) is 13.3. The molecule has 0 bridgehead atoms. The van der Waals surface area contributed by atoms with E-state index in [1.807, 2.05) is 36.4 Å². The first-order valence-electron chi connectivity index (χ1n) is 13.0. The monoisotopic (exact) mass is 560 g/mol. The number of hydrogen-bond donors (Lipinski definition) is 1. The molecule has 0 saturated carbocycles. The van der Waals surface area contributed by atoms with E-state index in [-0.39, 0.29) is 11.7 Å². The summed E-state index contributed by atoms with van der Waals surface area (Å²) in [6.45, 7) is 4.19. The van der Waals surface area contributed by atoms with Gasteiger partial charge >= 0.3 is 0 Å². The third kappa shape index (κ3) is 7.10. The fraction of sp³-hybridized carbons (Fsp3) is 0.310. The number of methoxy groups -OCH3 is 2. The molecule has 0 unspecified atom stereocenters. The van der Waals surface area contributed by atoms with E-state index in [4.69, 9.17) is 18.9 Å². The van der Waals surface area contributed by atoms with Crippen LogP contribution in [0.15, 0.2) is 76.4 Å². The van der Waals surface area contributed by atoms with Gasteiger partial charge in [-0.15, -0.1) is 0 Å². The highest BCUT2D eigenvalue weighted by Crippen LogP contribution is 2.26. The molecule has 1 N–H and O–H groups in total. The quantitative estimate of drug-likeness (QED) is 0.212. The molecule has 0 aliphatic carbocycles. The Kier molecular flexibility index (Phi) is 9.15. The van der Waals surface area contributed by atoms with Gasteiger partial charge in [0, 0.05) is 51.2 Å². The van der Waals surface area contributed by atoms with Gasteiger partial charge in [0.05, 0.1) is 37.4 Å². The molecule has 40 heavy (non-hydrogen) atoms. The number of nitrogens with zero attached hydrogens (tertiary/aromatic N) is 5. The molecule has 0 spiro atoms. The Labute approximate surface area is 237 Å². The van der Waals surface area contributed by atoms with Gasteiger partial charge < -0.3 is 29.0 Å². The van der Waals surface area contributed by atoms with Crippen LogP contribution in [-0.2, 0) is 23.6 Å². The molecule has 11 heteroatoms. The van der Waals surface area contributed by atoms with Crippen molar-refractivity contribution in [3.8, 4) is 5.75 Å². The lowest BCUT2D eigenvalue weighted by atomic mass is 10.2. The second-order valence-electron chi connectivity index (χ2n) is 9.16. The number of carbonyl (C=O) groups excluding carboxylic acids is 1. The molecule has 3 aromatic heterocycles. The molecule has 1 aliphatic rings. The predicted molar refractivity (Wildman–Crippen MR) is 154 cm³/mol. The topological polar surface area (TPSA) is 106 Å². The molecule has 10 nitrogen and oxygen atoms in total. The number of rotatable bonds is 11. The highest BCUT2D eigenvalue weighted by molar-refractivity contribution is 7.98. The number of hydrogen-bond acceptors (Lipinski definition) is 10. The van der Waals surface area contributed by atoms with Gasteiger partial charge in [-0.3, -0.25) is 9.78 Å². The van der Waals surface area contributed by atoms with Crippen LogP contribution in [0, 0.1) is 0 Å². The summed E-state index contributed by atoms with van der Waals surface area (Å²) in [5.74, 6) is 2.88. The average Bonchev–Trinajstić information content (AvgIpc) is 3.49. The summed E-state index contributed by atoms with van der Waals surface area (Å²) in [7, 11) is 3.34. The smallest absolute Gasteiger partial charge is 0.287 e. The molecule has 0 radical (unpaired) electrons. The first kappa shape index (κ1) is 27.5. The van der Waals surface area contributed by atoms with E-state index in [1.54, 1.807) is 32.5 Å². The van der Waals surface area contributed by atoms with Crippen LogP contribution in [0.2, 0.25) is 0 Å². The summed E-state index contributed by atoms with van der Waals surface area (Å²) in [5.41, 5.74) is 2.79. The van der Waals surface area contributed by atoms with Crippen molar-refractivity contribution < 1.29 is 18.7 Å². The van der Waals surface area contributed by atoms with Crippen LogP contribution in [0.4, 0.5) is 11.5 Å². The van der Waals surface area contributed by atoms with Gasteiger partial charge in [0.1, 0.15) is 17.3 Å². The first-order valence-corrected chi connectivity index (χ1v) is 14.0. The van der Waals surface area contributed by atoms with Crippen molar-refractivity contribution >= 4 is 29.2 Å². The number of aromatic nitrogens is 3. The molecule has 1 aromatic carbocycles. The highest BCUT2D eigenvalue weighted by atomic mass is 32.2. The minimum Gasteiger partial charge on any atom is -0.497 e. The fourth-order valence-corrected chi connectivity index (χ4v) is 5.13. The lowest BCUT2D eigenvalue weighted by molar-refractivity contribution is 0.0921. The molecule has 4 heterocycles. The summed E-state index contributed by atoms with van der Waals surface area (Å²) >= 11 is 1.47. The van der Waals surface area contributed by atoms with Crippen molar-refractivity contribution in [1.29, 1.82) is 0 Å². The molecular weight excluding hydrogens is 528 g/mol. The Morgan fingerprint density at radius 2 is 1.77 bits per heavy atom. The number of amides is 1. The largest absolute Gasteiger partial charge is 0.497 e. The van der Waals surface area contributed by atoms with Gasteiger partial charge in [0.25, 0.3) is 5.91 Å². The third-order valence-corrected chi connectivity index (χ3v) is 7.33. The van der Waals surface area contributed by atoms with Crippen molar-refractivity contribution in [2.75, 3.05) is 50.2 Å². The number of anilines is 2. The molecule has 1 aliphatic heterocycles. The number of furan rings is 1. The number of nitrogens with one attached hydrogen (secondary N) is 1. The van der Waals surface area contributed by atoms with Crippen LogP contribution in [0.25, 0.3) is 0 Å². The lowest BCUT2D eigenvalue weighted by Gasteiger charge is -2.37. The van der Waals surface area contributed by atoms with E-state index in [0.717, 1.165) is 49.1 Å². The number of benzene rings is 1. The first-order chi connectivity index (χ1) is 19.6. The van der Waals surface area contributed by atoms with Gasteiger partial charge in [-0.25, -0.2) is 9.97 Å². The van der Waals surface area contributed by atoms with E-state index in [1.165, 1.54) is 17.4 Å². The van der Waals surface area contributed by atoms with Crippen molar-refractivity contribution in [3.05, 3.63) is 89.8 Å². The molecule has 1 amide bonds. The zero-order valence-corrected chi connectivity index (χ0v) is 23.4. The molecular formula is C29H32N6O4S. The maximum atomic E-state index is 12.5. The third-order valence-electron chi connectivity index (χ3n) is 6.46. The zero-order valence-electron chi connectivity index (χ0n) is 22.6. The highest BCUT2D eigenvalue weighted by Gasteiger charge is 2.20. The van der Waals surface area contributed by atoms with E-state index < -0.39 is 0 Å². The minimum atomic E-state index is -0.281. The standard InChI is InChI=1S/C29H32N6O4S/c1-37-19-22-17-27(35-15-13-34(14-16-35)23-6-8-24(38-2)9-7-23)33-29(32-22)40-20-25-10-11-26(39-25)28(36)31-18-21-5-3-4-12-30-21/h3-12,17H,13-16,18-20H2,1-2H3,(H,31,36). The number of carbonyl (C=O) groups is 1. The number of piperazine rings is 1. The number of pyridine rings is 1. The molecule has 1 saturated heterocycles. The maximum Gasteiger partial charge on any atom is 0.287 e. The number of thioether (sulfide) groups is 1. The minimum absolute atomic E-state index is 0.260. The van der Waals surface area contributed by atoms with Gasteiger partial charge in [-0.05, 0) is 48.5 Å². The van der Waals surface area contributed by atoms with Gasteiger partial charge in [-0.2, -0.15) is 0 Å². The number of ether oxygens (including phenoxy) is 2. The Bertz CT molecular complexity index is 1390.